The molecular weight excluding hydrogens is 312 g/mol. The first kappa shape index (κ1) is 18.3. The maximum Gasteiger partial charge on any atom is 0.284 e. The van der Waals surface area contributed by atoms with E-state index < -0.39 is 40.1 Å². The van der Waals surface area contributed by atoms with Crippen LogP contribution in [0.1, 0.15) is 0 Å². The van der Waals surface area contributed by atoms with Crippen LogP contribution in [0.25, 0.3) is 0 Å². The Labute approximate surface area is 111 Å². The Morgan fingerprint density at radius 3 is 1.17 bits per heavy atom. The first-order valence-electron chi connectivity index (χ1n) is 5.40. The van der Waals surface area contributed by atoms with E-state index in [1.54, 1.807) is 19.6 Å². The summed E-state index contributed by atoms with van der Waals surface area (Å²) in [5.41, 5.74) is 0. The van der Waals surface area contributed by atoms with Gasteiger partial charge in [-0.15, -0.1) is 0 Å². The highest BCUT2D eigenvalue weighted by atomic mass is 32.3. The molecule has 0 bridgehead atoms. The van der Waals surface area contributed by atoms with Crippen molar-refractivity contribution in [2.75, 3.05) is 0 Å². The minimum Gasteiger partial charge on any atom is -0.285 e. The molecule has 0 atom stereocenters. The quantitative estimate of drug-likeness (QED) is 0.585. The van der Waals surface area contributed by atoms with Crippen molar-refractivity contribution in [2.45, 2.75) is 49.0 Å². The van der Waals surface area contributed by atoms with E-state index in [1.165, 1.54) is 19.6 Å². The molecular formula is C8H22O6S2Si2. The first-order valence-corrected chi connectivity index (χ1v) is 15.5. The molecule has 0 saturated heterocycles. The highest BCUT2D eigenvalue weighted by Gasteiger charge is 2.64. The SMILES string of the molecule is C[Si](C)(C)CC([Si](C)(C)C)(S(=O)(=O)O)S(=O)(=O)O. The lowest BCUT2D eigenvalue weighted by Gasteiger charge is -2.40. The molecule has 0 unspecified atom stereocenters. The average Bonchev–Trinajstić information content (AvgIpc) is 1.90. The monoisotopic (exact) mass is 334 g/mol. The zero-order chi connectivity index (χ0) is 15.2. The second-order valence-corrected chi connectivity index (χ2v) is 21.8. The number of hydrogen-bond donors (Lipinski definition) is 2. The Kier molecular flexibility index (Phi) is 4.73. The van der Waals surface area contributed by atoms with Gasteiger partial charge in [0, 0.05) is 8.07 Å². The third-order valence-electron chi connectivity index (χ3n) is 2.74. The molecule has 0 rings (SSSR count). The molecule has 0 aromatic heterocycles. The normalized spacial score (nSPS) is 15.8. The van der Waals surface area contributed by atoms with E-state index in [4.69, 9.17) is 0 Å². The fourth-order valence-corrected chi connectivity index (χ4v) is 18.5. The van der Waals surface area contributed by atoms with Crippen LogP contribution in [0.3, 0.4) is 0 Å². The van der Waals surface area contributed by atoms with Gasteiger partial charge in [0.1, 0.15) is 0 Å². The Hall–Kier alpha value is 0.254. The van der Waals surface area contributed by atoms with Crippen LogP contribution in [-0.2, 0) is 20.2 Å². The van der Waals surface area contributed by atoms with Crippen LogP contribution < -0.4 is 0 Å². The van der Waals surface area contributed by atoms with Crippen molar-refractivity contribution in [3.8, 4) is 0 Å². The second kappa shape index (κ2) is 4.67. The van der Waals surface area contributed by atoms with Crippen molar-refractivity contribution in [3.05, 3.63) is 0 Å². The summed E-state index contributed by atoms with van der Waals surface area (Å²) in [6, 6.07) is -0.215. The van der Waals surface area contributed by atoms with Crippen LogP contribution in [0.5, 0.6) is 0 Å². The van der Waals surface area contributed by atoms with E-state index in [0.717, 1.165) is 0 Å². The Morgan fingerprint density at radius 1 is 0.833 bits per heavy atom. The fourth-order valence-electron chi connectivity index (χ4n) is 2.05. The van der Waals surface area contributed by atoms with Gasteiger partial charge < -0.3 is 0 Å². The van der Waals surface area contributed by atoms with Crippen molar-refractivity contribution in [2.24, 2.45) is 0 Å². The number of rotatable bonds is 5. The molecule has 18 heavy (non-hydrogen) atoms. The molecule has 6 nitrogen and oxygen atoms in total. The van der Waals surface area contributed by atoms with Crippen molar-refractivity contribution < 1.29 is 25.9 Å². The van der Waals surface area contributed by atoms with Gasteiger partial charge in [0.05, 0.1) is 8.07 Å². The molecule has 0 radical (unpaired) electrons. The van der Waals surface area contributed by atoms with Gasteiger partial charge in [-0.1, -0.05) is 39.3 Å². The Balaban J connectivity index is 6.49. The summed E-state index contributed by atoms with van der Waals surface area (Å²) in [7, 11) is -15.0. The van der Waals surface area contributed by atoms with Crippen molar-refractivity contribution in [1.82, 2.24) is 0 Å². The lowest BCUT2D eigenvalue weighted by Crippen LogP contribution is -2.64. The average molecular weight is 335 g/mol. The van der Waals surface area contributed by atoms with E-state index in [9.17, 15) is 25.9 Å². The molecule has 2 N–H and O–H groups in total. The largest absolute Gasteiger partial charge is 0.285 e. The lowest BCUT2D eigenvalue weighted by molar-refractivity contribution is 0.447. The predicted molar refractivity (Wildman–Crippen MR) is 77.3 cm³/mol. The minimum absolute atomic E-state index is 0.215. The summed E-state index contributed by atoms with van der Waals surface area (Å²) in [4.78, 5) is 0. The smallest absolute Gasteiger partial charge is 0.284 e. The highest BCUT2D eigenvalue weighted by Crippen LogP contribution is 2.41. The molecule has 0 spiro atoms. The molecule has 0 aliphatic carbocycles. The minimum atomic E-state index is -4.92. The molecule has 0 fully saturated rings. The van der Waals surface area contributed by atoms with Gasteiger partial charge in [-0.2, -0.15) is 16.8 Å². The molecule has 110 valence electrons. The third-order valence-corrected chi connectivity index (χ3v) is 16.1. The summed E-state index contributed by atoms with van der Waals surface area (Å²) in [5.74, 6) is 0. The van der Waals surface area contributed by atoms with Crippen molar-refractivity contribution in [1.29, 1.82) is 0 Å². The lowest BCUT2D eigenvalue weighted by atomic mass is 10.9. The van der Waals surface area contributed by atoms with Crippen LogP contribution in [-0.4, -0.2) is 45.8 Å². The summed E-state index contributed by atoms with van der Waals surface area (Å²) in [6.45, 7) is 9.90. The third kappa shape index (κ3) is 3.42. The van der Waals surface area contributed by atoms with E-state index in [2.05, 4.69) is 0 Å². The molecule has 0 aliphatic heterocycles. The van der Waals surface area contributed by atoms with Gasteiger partial charge in [0.25, 0.3) is 20.2 Å². The van der Waals surface area contributed by atoms with Crippen molar-refractivity contribution >= 4 is 36.4 Å². The predicted octanol–water partition coefficient (Wildman–Crippen LogP) is 1.67. The maximum absolute atomic E-state index is 11.7. The molecule has 0 aromatic rings. The van der Waals surface area contributed by atoms with Crippen LogP contribution in [0.4, 0.5) is 0 Å². The van der Waals surface area contributed by atoms with Crippen LogP contribution >= 0.6 is 0 Å². The first-order chi connectivity index (χ1) is 7.46. The molecule has 0 amide bonds. The zero-order valence-corrected chi connectivity index (χ0v) is 15.2. The molecule has 0 saturated carbocycles. The zero-order valence-electron chi connectivity index (χ0n) is 11.6. The summed E-state index contributed by atoms with van der Waals surface area (Å²) in [6.07, 6.45) is 0. The van der Waals surface area contributed by atoms with Gasteiger partial charge in [0.2, 0.25) is 3.70 Å². The Morgan fingerprint density at radius 2 is 1.11 bits per heavy atom. The standard InChI is InChI=1S/C8H22O6S2Si2/c1-17(2,3)7-8(15(9,10)11,16(12,13)14)18(4,5)6/h7H2,1-6H3,(H,9,10,11)(H,12,13,14). The van der Waals surface area contributed by atoms with Crippen LogP contribution in [0.15, 0.2) is 0 Å². The summed E-state index contributed by atoms with van der Waals surface area (Å²) < 4.78 is 63.2. The topological polar surface area (TPSA) is 109 Å². The summed E-state index contributed by atoms with van der Waals surface area (Å²) >= 11 is 0. The number of hydrogen-bond acceptors (Lipinski definition) is 4. The van der Waals surface area contributed by atoms with Gasteiger partial charge in [-0.05, 0) is 6.04 Å². The van der Waals surface area contributed by atoms with Crippen molar-refractivity contribution in [3.63, 3.8) is 0 Å². The fraction of sp³-hybridized carbons (Fsp3) is 1.00. The van der Waals surface area contributed by atoms with Gasteiger partial charge >= 0.3 is 0 Å². The van der Waals surface area contributed by atoms with Gasteiger partial charge in [-0.25, -0.2) is 0 Å². The van der Waals surface area contributed by atoms with Crippen LogP contribution in [0.2, 0.25) is 45.3 Å². The van der Waals surface area contributed by atoms with Gasteiger partial charge in [0.15, 0.2) is 0 Å². The van der Waals surface area contributed by atoms with Crippen LogP contribution in [0, 0.1) is 0 Å². The summed E-state index contributed by atoms with van der Waals surface area (Å²) in [5, 5.41) is 0. The molecule has 0 aromatic carbocycles. The molecule has 10 heteroatoms. The van der Waals surface area contributed by atoms with E-state index in [1.807, 2.05) is 0 Å². The van der Waals surface area contributed by atoms with E-state index >= 15 is 0 Å². The Bertz CT molecular complexity index is 477. The van der Waals surface area contributed by atoms with E-state index in [0.29, 0.717) is 0 Å². The second-order valence-electron chi connectivity index (χ2n) is 6.69. The maximum atomic E-state index is 11.7. The highest BCUT2D eigenvalue weighted by molar-refractivity contribution is 8.08. The van der Waals surface area contributed by atoms with Gasteiger partial charge in [-0.3, -0.25) is 9.11 Å². The van der Waals surface area contributed by atoms with E-state index in [-0.39, 0.29) is 6.04 Å². The molecule has 0 heterocycles. The molecule has 0 aliphatic rings.